The Hall–Kier alpha value is -1.56. The van der Waals surface area contributed by atoms with Crippen LogP contribution in [0.3, 0.4) is 0 Å². The van der Waals surface area contributed by atoms with Gasteiger partial charge in [0.05, 0.1) is 13.7 Å². The molecule has 1 aromatic rings. The van der Waals surface area contributed by atoms with Gasteiger partial charge < -0.3 is 20.1 Å². The third-order valence-electron chi connectivity index (χ3n) is 3.00. The number of aromatic nitrogens is 2. The summed E-state index contributed by atoms with van der Waals surface area (Å²) in [4.78, 5) is 10.1. The van der Waals surface area contributed by atoms with Crippen LogP contribution < -0.4 is 15.4 Å². The van der Waals surface area contributed by atoms with E-state index in [0.717, 1.165) is 19.1 Å². The van der Waals surface area contributed by atoms with Crippen molar-refractivity contribution < 1.29 is 9.47 Å². The Kier molecular flexibility index (Phi) is 4.19. The lowest BCUT2D eigenvalue weighted by molar-refractivity contribution is 0.130. The Bertz CT molecular complexity index is 396. The fourth-order valence-corrected chi connectivity index (χ4v) is 1.69. The summed E-state index contributed by atoms with van der Waals surface area (Å²) in [6, 6.07) is 0. The van der Waals surface area contributed by atoms with Gasteiger partial charge in [0.2, 0.25) is 5.75 Å². The van der Waals surface area contributed by atoms with Crippen molar-refractivity contribution in [3.63, 3.8) is 0 Å². The van der Waals surface area contributed by atoms with Crippen LogP contribution in [-0.2, 0) is 4.74 Å². The average molecular weight is 252 g/mol. The van der Waals surface area contributed by atoms with Crippen LogP contribution in [0.5, 0.6) is 5.75 Å². The first-order valence-corrected chi connectivity index (χ1v) is 6.15. The van der Waals surface area contributed by atoms with E-state index in [2.05, 4.69) is 9.97 Å². The van der Waals surface area contributed by atoms with E-state index < -0.39 is 0 Å². The van der Waals surface area contributed by atoms with Crippen molar-refractivity contribution in [2.45, 2.75) is 12.8 Å². The Balaban J connectivity index is 1.86. The lowest BCUT2D eigenvalue weighted by Crippen LogP contribution is -2.24. The van der Waals surface area contributed by atoms with Gasteiger partial charge in [0.15, 0.2) is 11.6 Å². The highest BCUT2D eigenvalue weighted by molar-refractivity contribution is 5.62. The number of rotatable bonds is 7. The fourth-order valence-electron chi connectivity index (χ4n) is 1.69. The molecule has 0 aliphatic heterocycles. The van der Waals surface area contributed by atoms with E-state index in [4.69, 9.17) is 15.2 Å². The van der Waals surface area contributed by atoms with Crippen LogP contribution in [0.1, 0.15) is 12.8 Å². The number of ether oxygens (including phenoxy) is 2. The van der Waals surface area contributed by atoms with Gasteiger partial charge in [-0.25, -0.2) is 9.97 Å². The number of likely N-dealkylation sites (N-methyl/N-ethyl adjacent to an activating group) is 1. The van der Waals surface area contributed by atoms with E-state index in [0.29, 0.717) is 24.0 Å². The molecule has 1 aromatic heterocycles. The molecule has 0 aromatic carbocycles. The zero-order valence-electron chi connectivity index (χ0n) is 10.9. The first kappa shape index (κ1) is 12.9. The smallest absolute Gasteiger partial charge is 0.204 e. The number of hydrogen-bond donors (Lipinski definition) is 1. The minimum Gasteiger partial charge on any atom is -0.490 e. The van der Waals surface area contributed by atoms with Crippen molar-refractivity contribution in [3.8, 4) is 5.75 Å². The highest BCUT2D eigenvalue weighted by Gasteiger charge is 2.21. The molecule has 0 saturated heterocycles. The van der Waals surface area contributed by atoms with Crippen LogP contribution in [0.4, 0.5) is 11.6 Å². The lowest BCUT2D eigenvalue weighted by atomic mass is 10.4. The molecule has 6 heteroatoms. The number of hydrogen-bond acceptors (Lipinski definition) is 6. The van der Waals surface area contributed by atoms with E-state index in [1.807, 2.05) is 11.9 Å². The van der Waals surface area contributed by atoms with E-state index in [1.54, 1.807) is 7.11 Å². The monoisotopic (exact) mass is 252 g/mol. The average Bonchev–Trinajstić information content (AvgIpc) is 3.18. The van der Waals surface area contributed by atoms with Crippen LogP contribution in [0.2, 0.25) is 0 Å². The first-order chi connectivity index (χ1) is 8.72. The molecule has 6 nitrogen and oxygen atoms in total. The van der Waals surface area contributed by atoms with Crippen LogP contribution in [-0.4, -0.2) is 43.9 Å². The highest BCUT2D eigenvalue weighted by atomic mass is 16.5. The van der Waals surface area contributed by atoms with Crippen molar-refractivity contribution in [1.29, 1.82) is 0 Å². The van der Waals surface area contributed by atoms with Gasteiger partial charge in [0.1, 0.15) is 6.33 Å². The molecule has 0 unspecified atom stereocenters. The maximum atomic E-state index is 5.74. The molecule has 1 aliphatic rings. The molecule has 0 bridgehead atoms. The summed E-state index contributed by atoms with van der Waals surface area (Å²) in [6.45, 7) is 2.30. The van der Waals surface area contributed by atoms with Gasteiger partial charge in [0, 0.05) is 20.2 Å². The van der Waals surface area contributed by atoms with Crippen molar-refractivity contribution >= 4 is 11.6 Å². The minimum absolute atomic E-state index is 0.355. The SMILES string of the molecule is COc1c(N)ncnc1N(C)CCOCC1CC1. The molecule has 18 heavy (non-hydrogen) atoms. The highest BCUT2D eigenvalue weighted by Crippen LogP contribution is 2.29. The van der Waals surface area contributed by atoms with E-state index in [1.165, 1.54) is 19.2 Å². The van der Waals surface area contributed by atoms with Crippen molar-refractivity contribution in [1.82, 2.24) is 9.97 Å². The fraction of sp³-hybridized carbons (Fsp3) is 0.667. The molecule has 0 amide bonds. The molecule has 0 radical (unpaired) electrons. The molecule has 1 saturated carbocycles. The molecular formula is C12H20N4O2. The number of anilines is 2. The summed E-state index contributed by atoms with van der Waals surface area (Å²) < 4.78 is 10.8. The molecule has 0 spiro atoms. The van der Waals surface area contributed by atoms with Crippen molar-refractivity contribution in [2.24, 2.45) is 5.92 Å². The lowest BCUT2D eigenvalue weighted by Gasteiger charge is -2.20. The molecular weight excluding hydrogens is 232 g/mol. The summed E-state index contributed by atoms with van der Waals surface area (Å²) in [7, 11) is 3.50. The summed E-state index contributed by atoms with van der Waals surface area (Å²) in [5.74, 6) is 2.36. The number of nitrogen functional groups attached to an aromatic ring is 1. The zero-order valence-corrected chi connectivity index (χ0v) is 10.9. The Labute approximate surface area is 107 Å². The molecule has 2 N–H and O–H groups in total. The van der Waals surface area contributed by atoms with E-state index >= 15 is 0 Å². The molecule has 100 valence electrons. The summed E-state index contributed by atoms with van der Waals surface area (Å²) in [5.41, 5.74) is 5.74. The van der Waals surface area contributed by atoms with Gasteiger partial charge >= 0.3 is 0 Å². The van der Waals surface area contributed by atoms with Gasteiger partial charge in [-0.2, -0.15) is 0 Å². The maximum Gasteiger partial charge on any atom is 0.204 e. The van der Waals surface area contributed by atoms with Crippen LogP contribution in [0.25, 0.3) is 0 Å². The van der Waals surface area contributed by atoms with Crippen LogP contribution in [0.15, 0.2) is 6.33 Å². The summed E-state index contributed by atoms with van der Waals surface area (Å²) >= 11 is 0. The predicted octanol–water partition coefficient (Wildman–Crippen LogP) is 0.930. The van der Waals surface area contributed by atoms with Gasteiger partial charge in [-0.1, -0.05) is 0 Å². The number of nitrogens with zero attached hydrogens (tertiary/aromatic N) is 3. The summed E-state index contributed by atoms with van der Waals surface area (Å²) in [6.07, 6.45) is 4.06. The molecule has 1 aliphatic carbocycles. The van der Waals surface area contributed by atoms with Crippen LogP contribution >= 0.6 is 0 Å². The quantitative estimate of drug-likeness (QED) is 0.728. The van der Waals surface area contributed by atoms with Gasteiger partial charge in [0.25, 0.3) is 0 Å². The van der Waals surface area contributed by atoms with Crippen LogP contribution in [0, 0.1) is 5.92 Å². The third-order valence-corrected chi connectivity index (χ3v) is 3.00. The largest absolute Gasteiger partial charge is 0.490 e. The topological polar surface area (TPSA) is 73.5 Å². The predicted molar refractivity (Wildman–Crippen MR) is 69.8 cm³/mol. The Morgan fingerprint density at radius 2 is 2.22 bits per heavy atom. The van der Waals surface area contributed by atoms with Gasteiger partial charge in [-0.3, -0.25) is 0 Å². The molecule has 1 heterocycles. The zero-order chi connectivity index (χ0) is 13.0. The second-order valence-corrected chi connectivity index (χ2v) is 4.56. The number of methoxy groups -OCH3 is 1. The van der Waals surface area contributed by atoms with E-state index in [-0.39, 0.29) is 0 Å². The molecule has 1 fully saturated rings. The summed E-state index contributed by atoms with van der Waals surface area (Å²) in [5, 5.41) is 0. The second kappa shape index (κ2) is 5.86. The molecule has 2 rings (SSSR count). The van der Waals surface area contributed by atoms with E-state index in [9.17, 15) is 0 Å². The third kappa shape index (κ3) is 3.22. The maximum absolute atomic E-state index is 5.74. The second-order valence-electron chi connectivity index (χ2n) is 4.56. The van der Waals surface area contributed by atoms with Gasteiger partial charge in [-0.15, -0.1) is 0 Å². The van der Waals surface area contributed by atoms with Gasteiger partial charge in [-0.05, 0) is 18.8 Å². The standard InChI is InChI=1S/C12H20N4O2/c1-16(5-6-18-7-9-3-4-9)12-10(17-2)11(13)14-8-15-12/h8-9H,3-7H2,1-2H3,(H2,13,14,15). The molecule has 0 atom stereocenters. The Morgan fingerprint density at radius 1 is 1.44 bits per heavy atom. The normalized spacial score (nSPS) is 14.6. The Morgan fingerprint density at radius 3 is 2.89 bits per heavy atom. The van der Waals surface area contributed by atoms with Crippen molar-refractivity contribution in [2.75, 3.05) is 44.5 Å². The first-order valence-electron chi connectivity index (χ1n) is 6.15. The minimum atomic E-state index is 0.355. The number of nitrogens with two attached hydrogens (primary N) is 1. The van der Waals surface area contributed by atoms with Crippen molar-refractivity contribution in [3.05, 3.63) is 6.33 Å².